The number of alkyl carbamates (subject to hydrolysis) is 1. The van der Waals surface area contributed by atoms with Crippen molar-refractivity contribution in [2.24, 2.45) is 5.41 Å². The summed E-state index contributed by atoms with van der Waals surface area (Å²) in [6, 6.07) is 14.0. The van der Waals surface area contributed by atoms with E-state index in [0.29, 0.717) is 0 Å². The number of benzene rings is 2. The van der Waals surface area contributed by atoms with Gasteiger partial charge in [0.15, 0.2) is 0 Å². The lowest BCUT2D eigenvalue weighted by Crippen LogP contribution is -2.56. The quantitative estimate of drug-likeness (QED) is 0.658. The lowest BCUT2D eigenvalue weighted by Gasteiger charge is -2.30. The molecule has 31 heavy (non-hydrogen) atoms. The minimum atomic E-state index is -1.15. The molecule has 2 aromatic rings. The van der Waals surface area contributed by atoms with Crippen LogP contribution in [-0.4, -0.2) is 41.8 Å². The van der Waals surface area contributed by atoms with Crippen molar-refractivity contribution in [3.05, 3.63) is 59.7 Å². The van der Waals surface area contributed by atoms with Crippen LogP contribution in [0.15, 0.2) is 48.5 Å². The molecule has 0 unspecified atom stereocenters. The largest absolute Gasteiger partial charge is 0.480 e. The number of carbonyl (C=O) groups excluding carboxylic acids is 2. The van der Waals surface area contributed by atoms with E-state index in [4.69, 9.17) is 9.84 Å². The number of rotatable bonds is 6. The number of fused-ring (bicyclic) bond motifs is 3. The lowest BCUT2D eigenvalue weighted by molar-refractivity contribution is -0.142. The molecule has 7 nitrogen and oxygen atoms in total. The van der Waals surface area contributed by atoms with Gasteiger partial charge in [0.05, 0.1) is 0 Å². The van der Waals surface area contributed by atoms with Crippen molar-refractivity contribution in [3.63, 3.8) is 0 Å². The first-order valence-corrected chi connectivity index (χ1v) is 10.2. The Hall–Kier alpha value is -3.35. The molecule has 0 saturated carbocycles. The van der Waals surface area contributed by atoms with Crippen molar-refractivity contribution in [2.75, 3.05) is 6.61 Å². The molecule has 0 spiro atoms. The summed E-state index contributed by atoms with van der Waals surface area (Å²) < 4.78 is 5.52. The second kappa shape index (κ2) is 8.79. The van der Waals surface area contributed by atoms with Crippen LogP contribution in [0.25, 0.3) is 11.1 Å². The molecule has 1 aliphatic rings. The van der Waals surface area contributed by atoms with Crippen molar-refractivity contribution in [1.29, 1.82) is 0 Å². The summed E-state index contributed by atoms with van der Waals surface area (Å²) in [5, 5.41) is 14.0. The summed E-state index contributed by atoms with van der Waals surface area (Å²) in [7, 11) is 0. The molecule has 2 atom stereocenters. The van der Waals surface area contributed by atoms with Crippen LogP contribution in [0.2, 0.25) is 0 Å². The number of aliphatic carboxylic acids is 1. The molecule has 7 heteroatoms. The molecule has 0 heterocycles. The number of nitrogens with one attached hydrogen (secondary N) is 2. The van der Waals surface area contributed by atoms with Gasteiger partial charge in [0.2, 0.25) is 5.91 Å². The van der Waals surface area contributed by atoms with Gasteiger partial charge in [-0.2, -0.15) is 0 Å². The highest BCUT2D eigenvalue weighted by molar-refractivity contribution is 5.89. The highest BCUT2D eigenvalue weighted by Gasteiger charge is 2.35. The van der Waals surface area contributed by atoms with E-state index in [1.54, 1.807) is 20.8 Å². The van der Waals surface area contributed by atoms with E-state index < -0.39 is 35.5 Å². The van der Waals surface area contributed by atoms with Crippen molar-refractivity contribution < 1.29 is 24.2 Å². The van der Waals surface area contributed by atoms with Crippen LogP contribution in [0.4, 0.5) is 4.79 Å². The van der Waals surface area contributed by atoms with Crippen molar-refractivity contribution >= 4 is 18.0 Å². The third-order valence-corrected chi connectivity index (χ3v) is 5.46. The fourth-order valence-electron chi connectivity index (χ4n) is 3.79. The van der Waals surface area contributed by atoms with E-state index in [1.165, 1.54) is 6.92 Å². The molecule has 3 N–H and O–H groups in total. The number of amides is 2. The van der Waals surface area contributed by atoms with Gasteiger partial charge in [-0.15, -0.1) is 0 Å². The van der Waals surface area contributed by atoms with E-state index in [0.717, 1.165) is 22.3 Å². The molecule has 0 bridgehead atoms. The van der Waals surface area contributed by atoms with Gasteiger partial charge in [0.25, 0.3) is 0 Å². The Bertz CT molecular complexity index is 950. The van der Waals surface area contributed by atoms with Crippen LogP contribution in [-0.2, 0) is 14.3 Å². The smallest absolute Gasteiger partial charge is 0.407 e. The topological polar surface area (TPSA) is 105 Å². The Kier molecular flexibility index (Phi) is 6.34. The normalized spacial score (nSPS) is 14.7. The highest BCUT2D eigenvalue weighted by atomic mass is 16.5. The molecule has 2 aromatic carbocycles. The molecule has 0 aromatic heterocycles. The molecule has 0 saturated heterocycles. The minimum absolute atomic E-state index is 0.0907. The molecular formula is C24H28N2O5. The zero-order valence-corrected chi connectivity index (χ0v) is 18.1. The summed E-state index contributed by atoms with van der Waals surface area (Å²) in [5.74, 6) is -1.81. The fraction of sp³-hybridized carbons (Fsp3) is 0.375. The first kappa shape index (κ1) is 22.3. The standard InChI is InChI=1S/C24H28N2O5/c1-14(22(28)29)25-21(27)20(24(2,3)4)26-23(30)31-13-19-17-11-7-5-9-15(17)16-10-6-8-12-18(16)19/h5-12,14,19-20H,13H2,1-4H3,(H,25,27)(H,26,30)(H,28,29)/t14-,20-/m0/s1. The molecule has 3 rings (SSSR count). The van der Waals surface area contributed by atoms with Crippen LogP contribution < -0.4 is 10.6 Å². The second-order valence-corrected chi connectivity index (χ2v) is 8.84. The maximum absolute atomic E-state index is 12.6. The van der Waals surface area contributed by atoms with Gasteiger partial charge in [-0.1, -0.05) is 69.3 Å². The Labute approximate surface area is 181 Å². The molecular weight excluding hydrogens is 396 g/mol. The third kappa shape index (κ3) is 4.87. The number of ether oxygens (including phenoxy) is 1. The second-order valence-electron chi connectivity index (χ2n) is 8.84. The summed E-state index contributed by atoms with van der Waals surface area (Å²) in [6.07, 6.45) is -0.722. The maximum atomic E-state index is 12.6. The predicted octanol–water partition coefficient (Wildman–Crippen LogP) is 3.53. The van der Waals surface area contributed by atoms with E-state index in [-0.39, 0.29) is 12.5 Å². The zero-order chi connectivity index (χ0) is 22.8. The van der Waals surface area contributed by atoms with Crippen molar-refractivity contribution in [1.82, 2.24) is 10.6 Å². The van der Waals surface area contributed by atoms with Gasteiger partial charge < -0.3 is 20.5 Å². The predicted molar refractivity (Wildman–Crippen MR) is 117 cm³/mol. The summed E-state index contributed by atoms with van der Waals surface area (Å²) in [4.78, 5) is 36.2. The molecule has 164 valence electrons. The first-order valence-electron chi connectivity index (χ1n) is 10.2. The monoisotopic (exact) mass is 424 g/mol. The first-order chi connectivity index (χ1) is 14.6. The average molecular weight is 424 g/mol. The maximum Gasteiger partial charge on any atom is 0.407 e. The molecule has 2 amide bonds. The van der Waals surface area contributed by atoms with Crippen molar-refractivity contribution in [2.45, 2.75) is 45.7 Å². The van der Waals surface area contributed by atoms with E-state index in [2.05, 4.69) is 22.8 Å². The third-order valence-electron chi connectivity index (χ3n) is 5.46. The van der Waals surface area contributed by atoms with Gasteiger partial charge in [-0.25, -0.2) is 4.79 Å². The van der Waals surface area contributed by atoms with Crippen LogP contribution in [0.1, 0.15) is 44.7 Å². The minimum Gasteiger partial charge on any atom is -0.480 e. The Morgan fingerprint density at radius 2 is 1.48 bits per heavy atom. The Morgan fingerprint density at radius 1 is 0.968 bits per heavy atom. The molecule has 0 fully saturated rings. The average Bonchev–Trinajstić information content (AvgIpc) is 3.03. The fourth-order valence-corrected chi connectivity index (χ4v) is 3.79. The molecule has 0 radical (unpaired) electrons. The van der Waals surface area contributed by atoms with Gasteiger partial charge in [-0.3, -0.25) is 9.59 Å². The summed E-state index contributed by atoms with van der Waals surface area (Å²) >= 11 is 0. The van der Waals surface area contributed by atoms with Crippen LogP contribution in [0.3, 0.4) is 0 Å². The lowest BCUT2D eigenvalue weighted by atomic mass is 9.86. The van der Waals surface area contributed by atoms with Gasteiger partial charge in [0, 0.05) is 5.92 Å². The van der Waals surface area contributed by atoms with Gasteiger partial charge in [0.1, 0.15) is 18.7 Å². The van der Waals surface area contributed by atoms with Gasteiger partial charge >= 0.3 is 12.1 Å². The summed E-state index contributed by atoms with van der Waals surface area (Å²) in [5.41, 5.74) is 3.80. The van der Waals surface area contributed by atoms with Crippen LogP contribution in [0, 0.1) is 5.41 Å². The Morgan fingerprint density at radius 3 is 1.97 bits per heavy atom. The molecule has 0 aliphatic heterocycles. The number of hydrogen-bond acceptors (Lipinski definition) is 4. The summed E-state index contributed by atoms with van der Waals surface area (Å²) in [6.45, 7) is 6.85. The molecule has 1 aliphatic carbocycles. The number of carboxylic acid groups (broad SMARTS) is 1. The zero-order valence-electron chi connectivity index (χ0n) is 18.1. The Balaban J connectivity index is 1.70. The van der Waals surface area contributed by atoms with E-state index in [9.17, 15) is 14.4 Å². The van der Waals surface area contributed by atoms with Crippen molar-refractivity contribution in [3.8, 4) is 11.1 Å². The van der Waals surface area contributed by atoms with Crippen LogP contribution in [0.5, 0.6) is 0 Å². The van der Waals surface area contributed by atoms with Gasteiger partial charge in [-0.05, 0) is 34.6 Å². The number of carboxylic acids is 1. The SMILES string of the molecule is C[C@H](NC(=O)[C@H](NC(=O)OCC1c2ccccc2-c2ccccc21)C(C)(C)C)C(=O)O. The van der Waals surface area contributed by atoms with Crippen LogP contribution >= 0.6 is 0 Å². The highest BCUT2D eigenvalue weighted by Crippen LogP contribution is 2.44. The van der Waals surface area contributed by atoms with E-state index >= 15 is 0 Å². The number of carbonyl (C=O) groups is 3. The van der Waals surface area contributed by atoms with E-state index in [1.807, 2.05) is 36.4 Å². The number of hydrogen-bond donors (Lipinski definition) is 3.